The van der Waals surface area contributed by atoms with Crippen LogP contribution < -0.4 is 16.1 Å². The molecule has 0 aliphatic carbocycles. The van der Waals surface area contributed by atoms with Crippen LogP contribution in [0.2, 0.25) is 0 Å². The van der Waals surface area contributed by atoms with Crippen LogP contribution in [0.3, 0.4) is 0 Å². The van der Waals surface area contributed by atoms with Crippen molar-refractivity contribution in [2.45, 2.75) is 103 Å². The molecule has 0 aliphatic heterocycles. The molecule has 0 radical (unpaired) electrons. The van der Waals surface area contributed by atoms with Gasteiger partial charge in [0.05, 0.1) is 12.1 Å². The van der Waals surface area contributed by atoms with Gasteiger partial charge in [-0.2, -0.15) is 5.01 Å². The van der Waals surface area contributed by atoms with Gasteiger partial charge in [-0.3, -0.25) is 5.43 Å². The van der Waals surface area contributed by atoms with E-state index in [1.165, 1.54) is 5.01 Å². The minimum Gasteiger partial charge on any atom is -0.465 e. The van der Waals surface area contributed by atoms with Crippen molar-refractivity contribution in [3.63, 3.8) is 0 Å². The first kappa shape index (κ1) is 38.4. The van der Waals surface area contributed by atoms with Crippen molar-refractivity contribution in [3.8, 4) is 0 Å². The van der Waals surface area contributed by atoms with Crippen molar-refractivity contribution in [1.82, 2.24) is 21.1 Å². The lowest BCUT2D eigenvalue weighted by atomic mass is 9.77. The Morgan fingerprint density at radius 3 is 1.83 bits per heavy atom. The van der Waals surface area contributed by atoms with Gasteiger partial charge in [-0.05, 0) is 48.8 Å². The highest BCUT2D eigenvalue weighted by Crippen LogP contribution is 2.35. The average molecular weight is 639 g/mol. The van der Waals surface area contributed by atoms with Gasteiger partial charge in [-0.25, -0.2) is 9.59 Å². The second-order valence-corrected chi connectivity index (χ2v) is 12.8. The first-order chi connectivity index (χ1) is 22.0. The lowest BCUT2D eigenvalue weighted by molar-refractivity contribution is -0.125. The monoisotopic (exact) mass is 638 g/mol. The number of carboxylic acid groups (broad SMARTS) is 2. The highest BCUT2D eigenvalue weighted by molar-refractivity contribution is 5.68. The molecule has 2 unspecified atom stereocenters. The van der Waals surface area contributed by atoms with Gasteiger partial charge in [0.1, 0.15) is 18.2 Å². The zero-order valence-electron chi connectivity index (χ0n) is 27.9. The largest absolute Gasteiger partial charge is 0.465 e. The molecule has 10 nitrogen and oxygen atoms in total. The van der Waals surface area contributed by atoms with Crippen LogP contribution in [-0.4, -0.2) is 64.3 Å². The number of unbranched alkanes of at least 4 members (excludes halogenated alkanes) is 5. The molecule has 0 fully saturated rings. The Morgan fingerprint density at radius 1 is 0.761 bits per heavy atom. The second-order valence-electron chi connectivity index (χ2n) is 12.8. The van der Waals surface area contributed by atoms with E-state index in [-0.39, 0.29) is 24.3 Å². The molecule has 0 spiro atoms. The number of nitrogens with zero attached hydrogens (tertiary/aromatic N) is 1. The van der Waals surface area contributed by atoms with Crippen LogP contribution in [0.5, 0.6) is 0 Å². The molecule has 0 bridgehead atoms. The summed E-state index contributed by atoms with van der Waals surface area (Å²) in [5.41, 5.74) is 2.76. The van der Waals surface area contributed by atoms with E-state index in [0.29, 0.717) is 19.1 Å². The number of nitrogens with one attached hydrogen (secondary N) is 3. The molecule has 46 heavy (non-hydrogen) atoms. The fraction of sp³-hybridized carbons (Fsp3) is 0.556. The third-order valence-electron chi connectivity index (χ3n) is 8.63. The molecule has 10 heteroatoms. The minimum absolute atomic E-state index is 0.123. The normalized spacial score (nSPS) is 14.8. The zero-order chi connectivity index (χ0) is 34.0. The third kappa shape index (κ3) is 12.6. The van der Waals surface area contributed by atoms with Crippen LogP contribution in [0.25, 0.3) is 0 Å². The van der Waals surface area contributed by atoms with Gasteiger partial charge >= 0.3 is 12.2 Å². The summed E-state index contributed by atoms with van der Waals surface area (Å²) in [6.07, 6.45) is 5.95. The summed E-state index contributed by atoms with van der Waals surface area (Å²) < 4.78 is 0. The van der Waals surface area contributed by atoms with E-state index in [9.17, 15) is 29.4 Å². The molecule has 4 atom stereocenters. The predicted octanol–water partition coefficient (Wildman–Crippen LogP) is 6.30. The summed E-state index contributed by atoms with van der Waals surface area (Å²) in [7, 11) is 0. The quantitative estimate of drug-likeness (QED) is 0.0412. The summed E-state index contributed by atoms with van der Waals surface area (Å²) in [6.45, 7) is 8.47. The fourth-order valence-corrected chi connectivity index (χ4v) is 6.13. The fourth-order valence-electron chi connectivity index (χ4n) is 6.13. The van der Waals surface area contributed by atoms with E-state index in [2.05, 4.69) is 16.1 Å². The number of amides is 2. The van der Waals surface area contributed by atoms with Gasteiger partial charge in [0.15, 0.2) is 0 Å². The van der Waals surface area contributed by atoms with E-state index in [4.69, 9.17) is 0 Å². The van der Waals surface area contributed by atoms with E-state index in [1.54, 1.807) is 0 Å². The number of benzene rings is 2. The first-order valence-corrected chi connectivity index (χ1v) is 16.6. The molecule has 0 heterocycles. The average Bonchev–Trinajstić information content (AvgIpc) is 3.01. The SMILES string of the molecule is CC(C)C(C=O)NCCCCCCCC[C@@H](Cc1ccccc1)C(Cc1ccccc1)(NC(=O)O)N(NC(=O)O)[C@H](C=O)C(C)C. The Kier molecular flexibility index (Phi) is 17.0. The van der Waals surface area contributed by atoms with Gasteiger partial charge in [-0.15, -0.1) is 0 Å². The van der Waals surface area contributed by atoms with E-state index >= 15 is 0 Å². The summed E-state index contributed by atoms with van der Waals surface area (Å²) in [5, 5.41) is 27.7. The van der Waals surface area contributed by atoms with Crippen LogP contribution in [0.4, 0.5) is 9.59 Å². The lowest BCUT2D eigenvalue weighted by Crippen LogP contribution is -2.73. The van der Waals surface area contributed by atoms with Crippen molar-refractivity contribution < 1.29 is 29.4 Å². The molecule has 2 amide bonds. The van der Waals surface area contributed by atoms with Crippen molar-refractivity contribution in [1.29, 1.82) is 0 Å². The maximum absolute atomic E-state index is 12.6. The Hall–Kier alpha value is -3.76. The molecule has 0 saturated carbocycles. The van der Waals surface area contributed by atoms with Gasteiger partial charge in [0.2, 0.25) is 0 Å². The van der Waals surface area contributed by atoms with E-state index < -0.39 is 29.8 Å². The maximum atomic E-state index is 12.6. The van der Waals surface area contributed by atoms with Crippen molar-refractivity contribution in [3.05, 3.63) is 71.8 Å². The maximum Gasteiger partial charge on any atom is 0.419 e. The standard InChI is InChI=1S/C36H54N4O6/c1-27(2)32(25-41)37-22-16-8-6-5-7-15-21-31(23-29-17-11-9-12-18-29)36(38-34(43)44,24-30-19-13-10-14-20-30)40(39-35(45)46)33(26-42)28(3)4/h9-14,17-20,25-28,31-33,37-39H,5-8,15-16,21-24H2,1-4H3,(H,43,44)(H,45,46)/t31-,32?,33+,36?/m0/s1. The van der Waals surface area contributed by atoms with E-state index in [0.717, 1.165) is 62.5 Å². The van der Waals surface area contributed by atoms with E-state index in [1.807, 2.05) is 88.4 Å². The number of hydrogen-bond acceptors (Lipinski definition) is 6. The molecule has 5 N–H and O–H groups in total. The van der Waals surface area contributed by atoms with Crippen molar-refractivity contribution in [2.24, 2.45) is 17.8 Å². The van der Waals surface area contributed by atoms with Crippen LogP contribution in [0.15, 0.2) is 60.7 Å². The molecular formula is C36H54N4O6. The van der Waals surface area contributed by atoms with Gasteiger partial charge in [0.25, 0.3) is 0 Å². The highest BCUT2D eigenvalue weighted by atomic mass is 16.4. The van der Waals surface area contributed by atoms with Crippen LogP contribution in [0, 0.1) is 17.8 Å². The minimum atomic E-state index is -1.49. The zero-order valence-corrected chi connectivity index (χ0v) is 27.9. The number of hydrogen-bond donors (Lipinski definition) is 5. The smallest absolute Gasteiger partial charge is 0.419 e. The van der Waals surface area contributed by atoms with Crippen LogP contribution in [0.1, 0.15) is 83.8 Å². The Bertz CT molecular complexity index is 1180. The summed E-state index contributed by atoms with van der Waals surface area (Å²) >= 11 is 0. The number of rotatable bonds is 23. The Morgan fingerprint density at radius 2 is 1.33 bits per heavy atom. The Balaban J connectivity index is 2.39. The lowest BCUT2D eigenvalue weighted by Gasteiger charge is -2.51. The van der Waals surface area contributed by atoms with Crippen LogP contribution in [-0.2, 0) is 22.4 Å². The molecule has 2 aromatic rings. The van der Waals surface area contributed by atoms with Crippen molar-refractivity contribution >= 4 is 24.8 Å². The summed E-state index contributed by atoms with van der Waals surface area (Å²) in [6, 6.07) is 18.0. The second kappa shape index (κ2) is 20.4. The molecule has 0 saturated heterocycles. The molecule has 0 aromatic heterocycles. The molecule has 2 aromatic carbocycles. The van der Waals surface area contributed by atoms with Crippen molar-refractivity contribution in [2.75, 3.05) is 6.54 Å². The van der Waals surface area contributed by atoms with Gasteiger partial charge in [-0.1, -0.05) is 120 Å². The number of carbonyl (C=O) groups excluding carboxylic acids is 2. The third-order valence-corrected chi connectivity index (χ3v) is 8.63. The summed E-state index contributed by atoms with van der Waals surface area (Å²) in [5.74, 6) is -0.459. The highest BCUT2D eigenvalue weighted by Gasteiger charge is 2.49. The first-order valence-electron chi connectivity index (χ1n) is 16.6. The van der Waals surface area contributed by atoms with Gasteiger partial charge in [0, 0.05) is 12.3 Å². The molecule has 2 rings (SSSR count). The topological polar surface area (TPSA) is 148 Å². The number of hydrazine groups is 1. The molecular weight excluding hydrogens is 584 g/mol. The number of carbonyl (C=O) groups is 4. The Labute approximate surface area is 274 Å². The number of aldehydes is 2. The van der Waals surface area contributed by atoms with Gasteiger partial charge < -0.3 is 30.4 Å². The predicted molar refractivity (Wildman–Crippen MR) is 180 cm³/mol. The van der Waals surface area contributed by atoms with Crippen LogP contribution >= 0.6 is 0 Å². The molecule has 254 valence electrons. The summed E-state index contributed by atoms with van der Waals surface area (Å²) in [4.78, 5) is 48.6. The molecule has 0 aliphatic rings.